The van der Waals surface area contributed by atoms with E-state index in [4.69, 9.17) is 14.5 Å². The Morgan fingerprint density at radius 1 is 0.982 bits per heavy atom. The van der Waals surface area contributed by atoms with Gasteiger partial charge in [-0.3, -0.25) is 24.1 Å². The normalized spacial score (nSPS) is 19.8. The molecule has 4 atom stereocenters. The Hall–Kier alpha value is -4.82. The van der Waals surface area contributed by atoms with Crippen LogP contribution in [0.25, 0.3) is 11.3 Å². The van der Waals surface area contributed by atoms with Gasteiger partial charge in [0.15, 0.2) is 6.10 Å². The molecule has 0 bridgehead atoms. The third kappa shape index (κ3) is 10.3. The van der Waals surface area contributed by atoms with Gasteiger partial charge < -0.3 is 24.3 Å². The number of hydrogen-bond acceptors (Lipinski definition) is 8. The Labute approximate surface area is 325 Å². The highest BCUT2D eigenvalue weighted by molar-refractivity contribution is 6.12. The molecule has 2 fully saturated rings. The number of esters is 1. The van der Waals surface area contributed by atoms with E-state index in [9.17, 15) is 23.6 Å². The molecule has 1 aromatic heterocycles. The predicted octanol–water partition coefficient (Wildman–Crippen LogP) is 5.93. The number of nitrogens with zero attached hydrogens (tertiary/aromatic N) is 4. The van der Waals surface area contributed by atoms with Gasteiger partial charge in [-0.25, -0.2) is 18.2 Å². The van der Waals surface area contributed by atoms with Crippen molar-refractivity contribution in [2.45, 2.75) is 83.2 Å². The monoisotopic (exact) mass is 777 g/mol. The molecule has 0 aliphatic carbocycles. The van der Waals surface area contributed by atoms with E-state index in [2.05, 4.69) is 5.32 Å². The highest BCUT2D eigenvalue weighted by Gasteiger charge is 2.42. The first-order valence-electron chi connectivity index (χ1n) is 19.6. The van der Waals surface area contributed by atoms with Crippen LogP contribution in [0.15, 0.2) is 66.9 Å². The first-order valence-corrected chi connectivity index (χ1v) is 19.6. The molecule has 3 aliphatic heterocycles. The number of halogens is 3. The Morgan fingerprint density at radius 2 is 1.70 bits per heavy atom. The molecular weight excluding hydrogens is 727 g/mol. The second-order valence-electron chi connectivity index (χ2n) is 14.9. The molecule has 0 radical (unpaired) electrons. The Morgan fingerprint density at radius 3 is 2.41 bits per heavy atom. The number of imidazole rings is 1. The molecule has 6 rings (SSSR count). The summed E-state index contributed by atoms with van der Waals surface area (Å²) in [4.78, 5) is 59.0. The number of ether oxygens (including phenoxy) is 2. The molecule has 56 heavy (non-hydrogen) atoms. The maximum absolute atomic E-state index is 15.3. The Bertz CT molecular complexity index is 1850. The van der Waals surface area contributed by atoms with Gasteiger partial charge in [-0.1, -0.05) is 49.6 Å². The quantitative estimate of drug-likeness (QED) is 0.0960. The summed E-state index contributed by atoms with van der Waals surface area (Å²) < 4.78 is 58.3. The van der Waals surface area contributed by atoms with Gasteiger partial charge in [0.05, 0.1) is 11.7 Å². The van der Waals surface area contributed by atoms with E-state index in [1.165, 1.54) is 24.0 Å². The van der Waals surface area contributed by atoms with Crippen LogP contribution in [0.2, 0.25) is 0 Å². The van der Waals surface area contributed by atoms with Crippen LogP contribution in [0.4, 0.5) is 13.2 Å². The van der Waals surface area contributed by atoms with E-state index in [0.717, 1.165) is 43.0 Å². The lowest BCUT2D eigenvalue weighted by Crippen LogP contribution is -2.49. The summed E-state index contributed by atoms with van der Waals surface area (Å²) in [6.45, 7) is 3.57. The first kappa shape index (κ1) is 40.8. The summed E-state index contributed by atoms with van der Waals surface area (Å²) in [7, 11) is 0. The van der Waals surface area contributed by atoms with Gasteiger partial charge in [0.25, 0.3) is 17.7 Å². The summed E-state index contributed by atoms with van der Waals surface area (Å²) in [5.74, 6) is -3.21. The van der Waals surface area contributed by atoms with Gasteiger partial charge >= 0.3 is 5.97 Å². The van der Waals surface area contributed by atoms with E-state index >= 15 is 8.78 Å². The minimum Gasteiger partial charge on any atom is -0.453 e. The maximum atomic E-state index is 15.3. The van der Waals surface area contributed by atoms with Crippen LogP contribution < -0.4 is 5.32 Å². The highest BCUT2D eigenvalue weighted by Crippen LogP contribution is 2.38. The molecule has 11 nitrogen and oxygen atoms in total. The van der Waals surface area contributed by atoms with Gasteiger partial charge in [0.1, 0.15) is 23.6 Å². The number of imide groups is 1. The van der Waals surface area contributed by atoms with Crippen molar-refractivity contribution in [3.63, 3.8) is 0 Å². The average Bonchev–Trinajstić information content (AvgIpc) is 3.89. The molecular formula is C42H50F3N5O6. The fourth-order valence-electron chi connectivity index (χ4n) is 7.77. The molecule has 14 heteroatoms. The zero-order chi connectivity index (χ0) is 39.6. The molecule has 3 aromatic rings. The average molecular weight is 778 g/mol. The number of amides is 3. The lowest BCUT2D eigenvalue weighted by Gasteiger charge is -2.40. The fraction of sp³-hybridized carbons (Fsp3) is 0.500. The largest absolute Gasteiger partial charge is 0.453 e. The minimum atomic E-state index is -1.22. The lowest BCUT2D eigenvalue weighted by molar-refractivity contribution is -0.162. The number of benzene rings is 2. The van der Waals surface area contributed by atoms with E-state index < -0.39 is 47.7 Å². The first-order chi connectivity index (χ1) is 27.1. The zero-order valence-electron chi connectivity index (χ0n) is 31.7. The number of aromatic nitrogens is 2. The molecule has 3 aliphatic rings. The van der Waals surface area contributed by atoms with Crippen LogP contribution in [-0.2, 0) is 35.2 Å². The fourth-order valence-corrected chi connectivity index (χ4v) is 7.77. The van der Waals surface area contributed by atoms with Crippen molar-refractivity contribution < 1.29 is 41.8 Å². The third-order valence-electron chi connectivity index (χ3n) is 10.8. The molecule has 2 saturated heterocycles. The topological polar surface area (TPSA) is 123 Å². The second-order valence-corrected chi connectivity index (χ2v) is 14.9. The van der Waals surface area contributed by atoms with Crippen molar-refractivity contribution in [3.05, 3.63) is 89.9 Å². The Balaban J connectivity index is 1.22. The van der Waals surface area contributed by atoms with E-state index in [1.54, 1.807) is 11.1 Å². The SMILES string of the molecule is C[C@H](OC(=O)CCCCCCCN1C(=O)C=CC1=O)C(=O)N(C[C@@H]1CNC[C@@H]1F)[C@@H](c1nc(-c2cc(F)ccc2F)cn1Cc1ccccc1)C1CCOCC1. The van der Waals surface area contributed by atoms with Crippen LogP contribution in [-0.4, -0.2) is 94.7 Å². The number of alkyl halides is 1. The minimum absolute atomic E-state index is 0.0173. The molecule has 1 N–H and O–H groups in total. The number of rotatable bonds is 18. The van der Waals surface area contributed by atoms with Crippen molar-refractivity contribution in [1.29, 1.82) is 0 Å². The van der Waals surface area contributed by atoms with Gasteiger partial charge in [0, 0.05) is 82.2 Å². The van der Waals surface area contributed by atoms with Gasteiger partial charge in [-0.15, -0.1) is 0 Å². The molecule has 0 spiro atoms. The van der Waals surface area contributed by atoms with Gasteiger partial charge in [0.2, 0.25) is 0 Å². The molecule has 2 aromatic carbocycles. The smallest absolute Gasteiger partial charge is 0.306 e. The highest BCUT2D eigenvalue weighted by atomic mass is 19.1. The molecule has 0 unspecified atom stereocenters. The van der Waals surface area contributed by atoms with Crippen LogP contribution in [0, 0.1) is 23.5 Å². The summed E-state index contributed by atoms with van der Waals surface area (Å²) in [5, 5.41) is 3.08. The lowest BCUT2D eigenvalue weighted by atomic mass is 9.88. The van der Waals surface area contributed by atoms with Crippen LogP contribution in [0.1, 0.15) is 75.7 Å². The van der Waals surface area contributed by atoms with Crippen molar-refractivity contribution in [2.24, 2.45) is 11.8 Å². The summed E-state index contributed by atoms with van der Waals surface area (Å²) in [6, 6.07) is 12.0. The summed E-state index contributed by atoms with van der Waals surface area (Å²) >= 11 is 0. The predicted molar refractivity (Wildman–Crippen MR) is 201 cm³/mol. The number of nitrogens with one attached hydrogen (secondary N) is 1. The number of carbonyl (C=O) groups excluding carboxylic acids is 4. The number of unbranched alkanes of at least 4 members (excludes halogenated alkanes) is 4. The van der Waals surface area contributed by atoms with E-state index in [0.29, 0.717) is 64.4 Å². The molecule has 3 amide bonds. The standard InChI is InChI=1S/C42H50F3N5O6/c1-28(56-39(53)12-8-3-2-4-9-19-49-37(51)15-16-38(49)52)42(54)50(26-31-23-46-24-35(31)45)40(30-17-20-55-21-18-30)41-47-36(33-22-32(43)13-14-34(33)44)27-48(41)25-29-10-6-5-7-11-29/h5-7,10-11,13-16,22,27-28,30-31,35,40,46H,2-4,8-9,12,17-21,23-26H2,1H3/t28-,31-,35-,40+/m0/s1. The zero-order valence-corrected chi connectivity index (χ0v) is 31.7. The van der Waals surface area contributed by atoms with Crippen molar-refractivity contribution in [2.75, 3.05) is 39.4 Å². The third-order valence-corrected chi connectivity index (χ3v) is 10.8. The number of hydrogen-bond donors (Lipinski definition) is 1. The van der Waals surface area contributed by atoms with E-state index in [-0.39, 0.29) is 48.5 Å². The number of carbonyl (C=O) groups is 4. The van der Waals surface area contributed by atoms with Gasteiger partial charge in [-0.05, 0) is 62.3 Å². The van der Waals surface area contributed by atoms with Crippen LogP contribution in [0.3, 0.4) is 0 Å². The maximum Gasteiger partial charge on any atom is 0.306 e. The van der Waals surface area contributed by atoms with Crippen LogP contribution >= 0.6 is 0 Å². The molecule has 0 saturated carbocycles. The van der Waals surface area contributed by atoms with E-state index in [1.807, 2.05) is 34.9 Å². The van der Waals surface area contributed by atoms with Gasteiger partial charge in [-0.2, -0.15) is 0 Å². The van der Waals surface area contributed by atoms with Crippen molar-refractivity contribution >= 4 is 23.7 Å². The molecule has 300 valence electrons. The summed E-state index contributed by atoms with van der Waals surface area (Å²) in [6.07, 6.45) is 6.50. The second kappa shape index (κ2) is 19.4. The van der Waals surface area contributed by atoms with Crippen molar-refractivity contribution in [3.8, 4) is 11.3 Å². The summed E-state index contributed by atoms with van der Waals surface area (Å²) in [5.41, 5.74) is 1.08. The molecule has 4 heterocycles. The Kier molecular flexibility index (Phi) is 14.1. The van der Waals surface area contributed by atoms with Crippen LogP contribution in [0.5, 0.6) is 0 Å². The van der Waals surface area contributed by atoms with Crippen molar-refractivity contribution in [1.82, 2.24) is 24.7 Å².